The van der Waals surface area contributed by atoms with E-state index in [4.69, 9.17) is 0 Å². The lowest BCUT2D eigenvalue weighted by Gasteiger charge is -2.34. The molecule has 1 atom stereocenters. The summed E-state index contributed by atoms with van der Waals surface area (Å²) in [7, 11) is -4.67. The van der Waals surface area contributed by atoms with E-state index < -0.39 is 26.6 Å². The minimum Gasteiger partial charge on any atom is -0.388 e. The van der Waals surface area contributed by atoms with Crippen LogP contribution in [0.4, 0.5) is 8.78 Å². The summed E-state index contributed by atoms with van der Waals surface area (Å²) in [5.41, 5.74) is 1.10. The molecule has 8 heteroatoms. The highest BCUT2D eigenvalue weighted by Crippen LogP contribution is 2.31. The van der Waals surface area contributed by atoms with Gasteiger partial charge >= 0.3 is 5.76 Å². The second-order valence-electron chi connectivity index (χ2n) is 6.82. The zero-order chi connectivity index (χ0) is 20.3. The Morgan fingerprint density at radius 1 is 1.00 bits per heavy atom. The maximum atomic E-state index is 12.6. The molecule has 0 saturated carbocycles. The van der Waals surface area contributed by atoms with Crippen molar-refractivity contribution in [2.45, 2.75) is 29.6 Å². The Labute approximate surface area is 162 Å². The number of carbonyl (C=O) groups is 1. The van der Waals surface area contributed by atoms with Crippen LogP contribution in [-0.2, 0) is 9.84 Å². The second-order valence-corrected chi connectivity index (χ2v) is 8.73. The standard InChI is InChI=1S/C20H21F2NO4S/c21-20(22)28(26,27)17-8-6-16(7-9-17)19(25)23-12-10-15(11-13-23)18(24)14-4-2-1-3-5-14/h1-9,15,18,20,24H,10-13H2. The summed E-state index contributed by atoms with van der Waals surface area (Å²) in [6.45, 7) is 0.926. The number of halogens is 2. The molecule has 1 amide bonds. The van der Waals surface area contributed by atoms with Gasteiger partial charge < -0.3 is 10.0 Å². The van der Waals surface area contributed by atoms with E-state index in [1.165, 1.54) is 12.1 Å². The number of alkyl halides is 2. The van der Waals surface area contributed by atoms with Gasteiger partial charge in [0.1, 0.15) is 0 Å². The molecule has 2 aromatic rings. The average Bonchev–Trinajstić information content (AvgIpc) is 2.73. The predicted octanol–water partition coefficient (Wildman–Crippen LogP) is 3.27. The van der Waals surface area contributed by atoms with Crippen molar-refractivity contribution in [1.29, 1.82) is 0 Å². The molecule has 3 rings (SSSR count). The van der Waals surface area contributed by atoms with E-state index in [1.54, 1.807) is 4.90 Å². The number of likely N-dealkylation sites (tertiary alicyclic amines) is 1. The van der Waals surface area contributed by atoms with Crippen LogP contribution in [-0.4, -0.2) is 43.2 Å². The summed E-state index contributed by atoms with van der Waals surface area (Å²) < 4.78 is 48.1. The van der Waals surface area contributed by atoms with E-state index in [9.17, 15) is 27.1 Å². The highest BCUT2D eigenvalue weighted by Gasteiger charge is 2.30. The number of aliphatic hydroxyl groups is 1. The molecule has 1 fully saturated rings. The summed E-state index contributed by atoms with van der Waals surface area (Å²) >= 11 is 0. The lowest BCUT2D eigenvalue weighted by Crippen LogP contribution is -2.39. The highest BCUT2D eigenvalue weighted by atomic mass is 32.2. The van der Waals surface area contributed by atoms with Crippen LogP contribution in [0.25, 0.3) is 0 Å². The number of nitrogens with zero attached hydrogens (tertiary/aromatic N) is 1. The number of hydrogen-bond donors (Lipinski definition) is 1. The predicted molar refractivity (Wildman–Crippen MR) is 99.7 cm³/mol. The van der Waals surface area contributed by atoms with Crippen LogP contribution in [0.15, 0.2) is 59.5 Å². The van der Waals surface area contributed by atoms with Crippen molar-refractivity contribution in [1.82, 2.24) is 4.90 Å². The van der Waals surface area contributed by atoms with Gasteiger partial charge in [0.15, 0.2) is 0 Å². The maximum Gasteiger partial charge on any atom is 0.341 e. The van der Waals surface area contributed by atoms with Crippen LogP contribution in [0.1, 0.15) is 34.9 Å². The van der Waals surface area contributed by atoms with Crippen LogP contribution < -0.4 is 0 Å². The molecular weight excluding hydrogens is 388 g/mol. The van der Waals surface area contributed by atoms with Crippen molar-refractivity contribution in [3.63, 3.8) is 0 Å². The first kappa shape index (κ1) is 20.4. The first-order valence-corrected chi connectivity index (χ1v) is 10.5. The quantitative estimate of drug-likeness (QED) is 0.823. The third-order valence-electron chi connectivity index (χ3n) is 5.08. The molecule has 150 valence electrons. The van der Waals surface area contributed by atoms with Gasteiger partial charge in [0, 0.05) is 18.7 Å². The minimum atomic E-state index is -4.67. The Morgan fingerprint density at radius 3 is 2.11 bits per heavy atom. The second kappa shape index (κ2) is 8.36. The third kappa shape index (κ3) is 4.23. The summed E-state index contributed by atoms with van der Waals surface area (Å²) in [5.74, 6) is -3.73. The van der Waals surface area contributed by atoms with Gasteiger partial charge in [-0.05, 0) is 48.6 Å². The van der Waals surface area contributed by atoms with Crippen LogP contribution >= 0.6 is 0 Å². The molecule has 28 heavy (non-hydrogen) atoms. The van der Waals surface area contributed by atoms with E-state index >= 15 is 0 Å². The van der Waals surface area contributed by atoms with Gasteiger partial charge in [0.05, 0.1) is 11.0 Å². The molecule has 0 radical (unpaired) electrons. The van der Waals surface area contributed by atoms with Gasteiger partial charge in [-0.2, -0.15) is 8.78 Å². The molecule has 0 aromatic heterocycles. The molecule has 0 aliphatic carbocycles. The Morgan fingerprint density at radius 2 is 1.57 bits per heavy atom. The van der Waals surface area contributed by atoms with E-state index in [2.05, 4.69) is 0 Å². The molecule has 0 spiro atoms. The fourth-order valence-electron chi connectivity index (χ4n) is 3.41. The van der Waals surface area contributed by atoms with Crippen molar-refractivity contribution in [2.75, 3.05) is 13.1 Å². The summed E-state index contributed by atoms with van der Waals surface area (Å²) in [4.78, 5) is 13.7. The zero-order valence-corrected chi connectivity index (χ0v) is 15.9. The molecule has 2 aromatic carbocycles. The maximum absolute atomic E-state index is 12.6. The number of hydrogen-bond acceptors (Lipinski definition) is 4. The van der Waals surface area contributed by atoms with E-state index in [-0.39, 0.29) is 17.4 Å². The zero-order valence-electron chi connectivity index (χ0n) is 15.0. The van der Waals surface area contributed by atoms with Gasteiger partial charge in [-0.25, -0.2) is 8.42 Å². The highest BCUT2D eigenvalue weighted by molar-refractivity contribution is 7.91. The molecular formula is C20H21F2NO4S. The van der Waals surface area contributed by atoms with Gasteiger partial charge in [-0.15, -0.1) is 0 Å². The van der Waals surface area contributed by atoms with Gasteiger partial charge in [-0.1, -0.05) is 30.3 Å². The fraction of sp³-hybridized carbons (Fsp3) is 0.350. The summed E-state index contributed by atoms with van der Waals surface area (Å²) in [5, 5.41) is 10.5. The van der Waals surface area contributed by atoms with E-state index in [0.717, 1.165) is 17.7 Å². The van der Waals surface area contributed by atoms with Crippen LogP contribution in [0.3, 0.4) is 0 Å². The molecule has 1 aliphatic heterocycles. The molecule has 1 unspecified atom stereocenters. The SMILES string of the molecule is O=C(c1ccc(S(=O)(=O)C(F)F)cc1)N1CCC(C(O)c2ccccc2)CC1. The molecule has 0 bridgehead atoms. The van der Waals surface area contributed by atoms with Crippen molar-refractivity contribution in [2.24, 2.45) is 5.92 Å². The van der Waals surface area contributed by atoms with Gasteiger partial charge in [0.2, 0.25) is 9.84 Å². The molecule has 1 N–H and O–H groups in total. The van der Waals surface area contributed by atoms with Crippen LogP contribution in [0, 0.1) is 5.92 Å². The topological polar surface area (TPSA) is 74.7 Å². The number of carbonyl (C=O) groups excluding carboxylic acids is 1. The number of amides is 1. The minimum absolute atomic E-state index is 0.0463. The van der Waals surface area contributed by atoms with Crippen molar-refractivity contribution in [3.8, 4) is 0 Å². The fourth-order valence-corrected chi connectivity index (χ4v) is 4.13. The lowest BCUT2D eigenvalue weighted by atomic mass is 9.87. The molecule has 1 heterocycles. The van der Waals surface area contributed by atoms with Crippen molar-refractivity contribution < 1.29 is 27.1 Å². The van der Waals surface area contributed by atoms with Crippen molar-refractivity contribution >= 4 is 15.7 Å². The largest absolute Gasteiger partial charge is 0.388 e. The molecule has 1 aliphatic rings. The van der Waals surface area contributed by atoms with Gasteiger partial charge in [0.25, 0.3) is 5.91 Å². The number of piperidine rings is 1. The van der Waals surface area contributed by atoms with E-state index in [0.29, 0.717) is 25.9 Å². The Balaban J connectivity index is 1.62. The Hall–Kier alpha value is -2.32. The Bertz CT molecular complexity index is 909. The van der Waals surface area contributed by atoms with Crippen LogP contribution in [0.2, 0.25) is 0 Å². The smallest absolute Gasteiger partial charge is 0.341 e. The number of aliphatic hydroxyl groups excluding tert-OH is 1. The number of rotatable bonds is 5. The molecule has 1 saturated heterocycles. The molecule has 5 nitrogen and oxygen atoms in total. The number of benzene rings is 2. The average molecular weight is 409 g/mol. The third-order valence-corrected chi connectivity index (χ3v) is 6.48. The Kier molecular flexibility index (Phi) is 6.10. The summed E-state index contributed by atoms with van der Waals surface area (Å²) in [6, 6.07) is 13.9. The first-order valence-electron chi connectivity index (χ1n) is 8.95. The van der Waals surface area contributed by atoms with Crippen LogP contribution in [0.5, 0.6) is 0 Å². The first-order chi connectivity index (χ1) is 13.3. The van der Waals surface area contributed by atoms with Gasteiger partial charge in [-0.3, -0.25) is 4.79 Å². The lowest BCUT2D eigenvalue weighted by molar-refractivity contribution is 0.0462. The van der Waals surface area contributed by atoms with E-state index in [1.807, 2.05) is 30.3 Å². The number of sulfone groups is 1. The normalized spacial score (nSPS) is 16.9. The summed E-state index contributed by atoms with van der Waals surface area (Å²) in [6.07, 6.45) is 0.691. The monoisotopic (exact) mass is 409 g/mol. The van der Waals surface area contributed by atoms with Crippen molar-refractivity contribution in [3.05, 3.63) is 65.7 Å².